The lowest BCUT2D eigenvalue weighted by Gasteiger charge is -2.44. The minimum atomic E-state index is -1.46. The van der Waals surface area contributed by atoms with Gasteiger partial charge < -0.3 is 34.3 Å². The van der Waals surface area contributed by atoms with Crippen LogP contribution < -0.4 is 10.6 Å². The Morgan fingerprint density at radius 2 is 1.39 bits per heavy atom. The molecular formula is C21H26N2O10. The Morgan fingerprint density at radius 3 is 1.94 bits per heavy atom. The molecule has 1 aliphatic heterocycles. The third kappa shape index (κ3) is 8.07. The number of para-hydroxylation sites is 1. The molecule has 1 fully saturated rings. The molecule has 5 atom stereocenters. The van der Waals surface area contributed by atoms with Gasteiger partial charge in [-0.25, -0.2) is 4.79 Å². The predicted octanol–water partition coefficient (Wildman–Crippen LogP) is 0.891. The van der Waals surface area contributed by atoms with Crippen molar-refractivity contribution in [3.8, 4) is 0 Å². The Bertz CT molecular complexity index is 875. The van der Waals surface area contributed by atoms with Gasteiger partial charge in [0.15, 0.2) is 12.2 Å². The van der Waals surface area contributed by atoms with Gasteiger partial charge in [-0.2, -0.15) is 0 Å². The molecule has 0 radical (unpaired) electrons. The molecule has 180 valence electrons. The summed E-state index contributed by atoms with van der Waals surface area (Å²) in [6, 6.07) is 6.45. The van der Waals surface area contributed by atoms with Gasteiger partial charge in [-0.05, 0) is 12.1 Å². The highest BCUT2D eigenvalue weighted by atomic mass is 16.7. The van der Waals surface area contributed by atoms with Crippen LogP contribution in [0.3, 0.4) is 0 Å². The summed E-state index contributed by atoms with van der Waals surface area (Å²) in [7, 11) is 0. The Morgan fingerprint density at radius 1 is 0.818 bits per heavy atom. The molecule has 2 rings (SSSR count). The molecule has 2 amide bonds. The van der Waals surface area contributed by atoms with Gasteiger partial charge in [-0.1, -0.05) is 18.2 Å². The second kappa shape index (κ2) is 11.8. The zero-order chi connectivity index (χ0) is 24.5. The minimum Gasteiger partial charge on any atom is -0.463 e. The van der Waals surface area contributed by atoms with E-state index in [0.29, 0.717) is 5.69 Å². The van der Waals surface area contributed by atoms with Crippen LogP contribution in [0.5, 0.6) is 0 Å². The average Bonchev–Trinajstić information content (AvgIpc) is 2.70. The van der Waals surface area contributed by atoms with E-state index in [1.54, 1.807) is 30.3 Å². The van der Waals surface area contributed by atoms with Crippen molar-refractivity contribution in [2.75, 3.05) is 11.9 Å². The Kier molecular flexibility index (Phi) is 9.16. The number of urea groups is 1. The van der Waals surface area contributed by atoms with Crippen molar-refractivity contribution in [1.29, 1.82) is 0 Å². The van der Waals surface area contributed by atoms with E-state index in [0.717, 1.165) is 27.7 Å². The number of hydrogen-bond acceptors (Lipinski definition) is 10. The number of carbonyl (C=O) groups is 5. The quantitative estimate of drug-likeness (QED) is 0.437. The number of anilines is 1. The van der Waals surface area contributed by atoms with E-state index in [9.17, 15) is 24.0 Å². The number of carbonyl (C=O) groups excluding carboxylic acids is 5. The van der Waals surface area contributed by atoms with Crippen LogP contribution in [0.15, 0.2) is 30.3 Å². The maximum Gasteiger partial charge on any atom is 0.319 e. The molecule has 33 heavy (non-hydrogen) atoms. The smallest absolute Gasteiger partial charge is 0.319 e. The summed E-state index contributed by atoms with van der Waals surface area (Å²) < 4.78 is 26.5. The lowest BCUT2D eigenvalue weighted by Crippen LogP contribution is -2.67. The number of hydrogen-bond donors (Lipinski definition) is 2. The van der Waals surface area contributed by atoms with E-state index >= 15 is 0 Å². The van der Waals surface area contributed by atoms with E-state index in [4.69, 9.17) is 23.7 Å². The van der Waals surface area contributed by atoms with E-state index in [1.165, 1.54) is 0 Å². The Hall–Kier alpha value is -3.67. The molecule has 0 bridgehead atoms. The zero-order valence-corrected chi connectivity index (χ0v) is 18.6. The summed E-state index contributed by atoms with van der Waals surface area (Å²) in [6.07, 6.45) is -5.26. The number of rotatable bonds is 7. The van der Waals surface area contributed by atoms with Crippen molar-refractivity contribution >= 4 is 35.6 Å². The van der Waals surface area contributed by atoms with Gasteiger partial charge in [-0.15, -0.1) is 0 Å². The fourth-order valence-corrected chi connectivity index (χ4v) is 3.16. The maximum absolute atomic E-state index is 12.6. The van der Waals surface area contributed by atoms with Gasteiger partial charge in [-0.3, -0.25) is 19.2 Å². The standard InChI is InChI=1S/C21H26N2O10/c1-11(24)29-10-16-18(30-12(2)25)19(31-13(3)26)17(20(33-16)32-14(4)27)23-21(28)22-15-8-6-5-7-9-15/h5-9,16-20H,10H2,1-4H3,(H2,22,23,28)/t16-,17-,18-,19-,20+/m1/s1. The molecule has 1 aromatic rings. The summed E-state index contributed by atoms with van der Waals surface area (Å²) >= 11 is 0. The second-order valence-corrected chi connectivity index (χ2v) is 7.09. The summed E-state index contributed by atoms with van der Waals surface area (Å²) in [5, 5.41) is 5.12. The van der Waals surface area contributed by atoms with Gasteiger partial charge in [0, 0.05) is 33.4 Å². The van der Waals surface area contributed by atoms with Crippen LogP contribution in [0.4, 0.5) is 10.5 Å². The van der Waals surface area contributed by atoms with Crippen molar-refractivity contribution in [2.45, 2.75) is 58.3 Å². The second-order valence-electron chi connectivity index (χ2n) is 7.09. The van der Waals surface area contributed by atoms with Crippen molar-refractivity contribution in [3.05, 3.63) is 30.3 Å². The Labute approximate surface area is 189 Å². The third-order valence-corrected chi connectivity index (χ3v) is 4.31. The first-order valence-corrected chi connectivity index (χ1v) is 10.00. The van der Waals surface area contributed by atoms with Gasteiger partial charge in [0.1, 0.15) is 18.8 Å². The third-order valence-electron chi connectivity index (χ3n) is 4.31. The minimum absolute atomic E-state index is 0.397. The van der Waals surface area contributed by atoms with Gasteiger partial charge in [0.2, 0.25) is 6.29 Å². The maximum atomic E-state index is 12.6. The highest BCUT2D eigenvalue weighted by Gasteiger charge is 2.52. The summed E-state index contributed by atoms with van der Waals surface area (Å²) in [5.74, 6) is -2.90. The SMILES string of the molecule is CC(=O)OC[C@H]1O[C@H](OC(C)=O)[C@H](NC(=O)Nc2ccccc2)[C@@H](OC(C)=O)[C@@H]1OC(C)=O. The lowest BCUT2D eigenvalue weighted by molar-refractivity contribution is -0.270. The molecule has 12 nitrogen and oxygen atoms in total. The van der Waals surface area contributed by atoms with E-state index < -0.39 is 67.2 Å². The van der Waals surface area contributed by atoms with E-state index in [2.05, 4.69) is 10.6 Å². The van der Waals surface area contributed by atoms with Crippen molar-refractivity contribution in [1.82, 2.24) is 5.32 Å². The Balaban J connectivity index is 2.37. The highest BCUT2D eigenvalue weighted by Crippen LogP contribution is 2.28. The molecule has 0 spiro atoms. The first kappa shape index (κ1) is 25.6. The summed E-state index contributed by atoms with van der Waals surface area (Å²) in [4.78, 5) is 59.2. The topological polar surface area (TPSA) is 156 Å². The zero-order valence-electron chi connectivity index (χ0n) is 18.6. The normalized spacial score (nSPS) is 24.1. The summed E-state index contributed by atoms with van der Waals surface area (Å²) in [5.41, 5.74) is 0.462. The van der Waals surface area contributed by atoms with Crippen molar-refractivity contribution < 1.29 is 47.7 Å². The molecule has 0 aliphatic carbocycles. The van der Waals surface area contributed by atoms with E-state index in [1.807, 2.05) is 0 Å². The molecule has 1 aliphatic rings. The molecule has 0 aromatic heterocycles. The first-order valence-electron chi connectivity index (χ1n) is 10.00. The molecule has 1 heterocycles. The number of benzene rings is 1. The molecule has 2 N–H and O–H groups in total. The fraction of sp³-hybridized carbons (Fsp3) is 0.476. The van der Waals surface area contributed by atoms with Crippen LogP contribution in [0.25, 0.3) is 0 Å². The first-order chi connectivity index (χ1) is 15.6. The largest absolute Gasteiger partial charge is 0.463 e. The molecule has 12 heteroatoms. The molecule has 1 saturated heterocycles. The highest BCUT2D eigenvalue weighted by molar-refractivity contribution is 5.89. The molecule has 0 saturated carbocycles. The van der Waals surface area contributed by atoms with Crippen LogP contribution in [0.1, 0.15) is 27.7 Å². The molecule has 1 aromatic carbocycles. The van der Waals surface area contributed by atoms with Gasteiger partial charge in [0.05, 0.1) is 0 Å². The van der Waals surface area contributed by atoms with E-state index in [-0.39, 0.29) is 0 Å². The molecule has 0 unspecified atom stereocenters. The van der Waals surface area contributed by atoms with Crippen LogP contribution >= 0.6 is 0 Å². The number of nitrogens with one attached hydrogen (secondary N) is 2. The van der Waals surface area contributed by atoms with Gasteiger partial charge >= 0.3 is 29.9 Å². The van der Waals surface area contributed by atoms with Crippen molar-refractivity contribution in [2.24, 2.45) is 0 Å². The van der Waals surface area contributed by atoms with Crippen LogP contribution in [0, 0.1) is 0 Å². The van der Waals surface area contributed by atoms with Crippen LogP contribution in [0.2, 0.25) is 0 Å². The lowest BCUT2D eigenvalue weighted by atomic mass is 9.96. The fourth-order valence-electron chi connectivity index (χ4n) is 3.16. The number of ether oxygens (including phenoxy) is 5. The summed E-state index contributed by atoms with van der Waals surface area (Å²) in [6.45, 7) is 4.12. The predicted molar refractivity (Wildman–Crippen MR) is 111 cm³/mol. The van der Waals surface area contributed by atoms with Gasteiger partial charge in [0.25, 0.3) is 0 Å². The number of amides is 2. The van der Waals surface area contributed by atoms with Crippen LogP contribution in [-0.2, 0) is 42.9 Å². The number of esters is 4. The van der Waals surface area contributed by atoms with Crippen LogP contribution in [-0.4, -0.2) is 67.2 Å². The average molecular weight is 466 g/mol. The monoisotopic (exact) mass is 466 g/mol. The molecular weight excluding hydrogens is 440 g/mol. The van der Waals surface area contributed by atoms with Crippen molar-refractivity contribution in [3.63, 3.8) is 0 Å².